The van der Waals surface area contributed by atoms with E-state index in [1.165, 1.54) is 0 Å². The van der Waals surface area contributed by atoms with Gasteiger partial charge in [0.05, 0.1) is 6.42 Å². The molecular weight excluding hydrogens is 421 g/mol. The fraction of sp³-hybridized carbons (Fsp3) is 0.667. The zero-order valence-electron chi connectivity index (χ0n) is 19.0. The minimum absolute atomic E-state index is 0.0335. The summed E-state index contributed by atoms with van der Waals surface area (Å²) in [6.07, 6.45) is -3.11. The van der Waals surface area contributed by atoms with Crippen LogP contribution in [0.5, 0.6) is 0 Å². The van der Waals surface area contributed by atoms with Gasteiger partial charge in [-0.1, -0.05) is 30.3 Å². The highest BCUT2D eigenvalue weighted by Crippen LogP contribution is 2.48. The highest BCUT2D eigenvalue weighted by molar-refractivity contribution is 5.82. The molecule has 1 saturated heterocycles. The van der Waals surface area contributed by atoms with Crippen molar-refractivity contribution in [3.05, 3.63) is 35.9 Å². The van der Waals surface area contributed by atoms with Crippen LogP contribution >= 0.6 is 0 Å². The molecule has 1 aromatic carbocycles. The van der Waals surface area contributed by atoms with E-state index in [-0.39, 0.29) is 43.2 Å². The van der Waals surface area contributed by atoms with Crippen molar-refractivity contribution in [3.63, 3.8) is 0 Å². The standard InChI is InChI=1S/C24H33F3N2O3/c1-23(2,3)32-21(30)10-12-28-11-9-17(14-28)15-29(22(31)24(25,26)27)16-19-13-20(19)18-7-5-4-6-8-18/h4-8,17,19-20H,9-16H2,1-3H3/t17?,19?,20-/m0/s1. The highest BCUT2D eigenvalue weighted by atomic mass is 19.4. The molecule has 1 aliphatic carbocycles. The molecule has 1 saturated carbocycles. The molecule has 178 valence electrons. The summed E-state index contributed by atoms with van der Waals surface area (Å²) in [5.74, 6) is -1.78. The van der Waals surface area contributed by atoms with E-state index in [4.69, 9.17) is 4.74 Å². The molecule has 0 radical (unpaired) electrons. The molecule has 2 fully saturated rings. The Morgan fingerprint density at radius 1 is 1.12 bits per heavy atom. The Kier molecular flexibility index (Phi) is 7.53. The van der Waals surface area contributed by atoms with E-state index in [0.717, 1.165) is 16.9 Å². The average Bonchev–Trinajstić information content (AvgIpc) is 3.32. The Morgan fingerprint density at radius 2 is 1.81 bits per heavy atom. The molecule has 0 bridgehead atoms. The molecule has 2 unspecified atom stereocenters. The first-order chi connectivity index (χ1) is 14.9. The quantitative estimate of drug-likeness (QED) is 0.552. The molecule has 1 aliphatic heterocycles. The van der Waals surface area contributed by atoms with Crippen LogP contribution in [0.4, 0.5) is 13.2 Å². The van der Waals surface area contributed by atoms with Crippen LogP contribution in [0.2, 0.25) is 0 Å². The first-order valence-electron chi connectivity index (χ1n) is 11.3. The minimum atomic E-state index is -4.87. The lowest BCUT2D eigenvalue weighted by Gasteiger charge is -2.27. The number of ether oxygens (including phenoxy) is 1. The number of rotatable bonds is 8. The molecule has 0 spiro atoms. The van der Waals surface area contributed by atoms with Gasteiger partial charge in [0.15, 0.2) is 0 Å². The summed E-state index contributed by atoms with van der Waals surface area (Å²) >= 11 is 0. The normalized spacial score (nSPS) is 23.8. The lowest BCUT2D eigenvalue weighted by molar-refractivity contribution is -0.186. The number of amides is 1. The summed E-state index contributed by atoms with van der Waals surface area (Å²) < 4.78 is 45.0. The van der Waals surface area contributed by atoms with Gasteiger partial charge in [0.2, 0.25) is 0 Å². The molecule has 1 aromatic rings. The van der Waals surface area contributed by atoms with E-state index >= 15 is 0 Å². The molecule has 1 heterocycles. The SMILES string of the molecule is CC(C)(C)OC(=O)CCN1CCC(CN(CC2C[C@H]2c2ccccc2)C(=O)C(F)(F)F)C1. The predicted molar refractivity (Wildman–Crippen MR) is 115 cm³/mol. The van der Waals surface area contributed by atoms with Crippen molar-refractivity contribution in [2.45, 2.75) is 57.7 Å². The second kappa shape index (κ2) is 9.81. The molecule has 3 rings (SSSR count). The van der Waals surface area contributed by atoms with Crippen LogP contribution in [0.25, 0.3) is 0 Å². The van der Waals surface area contributed by atoms with Crippen LogP contribution in [0, 0.1) is 11.8 Å². The molecule has 5 nitrogen and oxygen atoms in total. The molecule has 1 amide bonds. The summed E-state index contributed by atoms with van der Waals surface area (Å²) in [6.45, 7) is 7.46. The van der Waals surface area contributed by atoms with Crippen molar-refractivity contribution < 1.29 is 27.5 Å². The van der Waals surface area contributed by atoms with Gasteiger partial charge < -0.3 is 14.5 Å². The molecule has 3 atom stereocenters. The summed E-state index contributed by atoms with van der Waals surface area (Å²) in [4.78, 5) is 27.1. The Morgan fingerprint density at radius 3 is 2.44 bits per heavy atom. The number of benzene rings is 1. The Balaban J connectivity index is 1.52. The largest absolute Gasteiger partial charge is 0.471 e. The van der Waals surface area contributed by atoms with Crippen molar-refractivity contribution >= 4 is 11.9 Å². The van der Waals surface area contributed by atoms with Crippen LogP contribution < -0.4 is 0 Å². The van der Waals surface area contributed by atoms with Crippen molar-refractivity contribution in [1.29, 1.82) is 0 Å². The maximum absolute atomic E-state index is 13.2. The first-order valence-corrected chi connectivity index (χ1v) is 11.3. The molecule has 0 aromatic heterocycles. The third-order valence-corrected chi connectivity index (χ3v) is 6.04. The van der Waals surface area contributed by atoms with Crippen molar-refractivity contribution in [2.24, 2.45) is 11.8 Å². The minimum Gasteiger partial charge on any atom is -0.460 e. The lowest BCUT2D eigenvalue weighted by atomic mass is 10.1. The summed E-state index contributed by atoms with van der Waals surface area (Å²) in [6, 6.07) is 9.73. The molecule has 32 heavy (non-hydrogen) atoms. The van der Waals surface area contributed by atoms with E-state index in [1.54, 1.807) is 0 Å². The van der Waals surface area contributed by atoms with E-state index in [2.05, 4.69) is 4.90 Å². The number of hydrogen-bond donors (Lipinski definition) is 0. The van der Waals surface area contributed by atoms with Gasteiger partial charge in [0.25, 0.3) is 0 Å². The van der Waals surface area contributed by atoms with Gasteiger partial charge in [-0.15, -0.1) is 0 Å². The van der Waals surface area contributed by atoms with Crippen LogP contribution in [0.1, 0.15) is 51.5 Å². The van der Waals surface area contributed by atoms with Crippen LogP contribution in [0.3, 0.4) is 0 Å². The number of carbonyl (C=O) groups excluding carboxylic acids is 2. The number of nitrogens with zero attached hydrogens (tertiary/aromatic N) is 2. The summed E-state index contributed by atoms with van der Waals surface area (Å²) in [5.41, 5.74) is 0.579. The number of halogens is 3. The van der Waals surface area contributed by atoms with Gasteiger partial charge in [-0.05, 0) is 63.5 Å². The Labute approximate surface area is 187 Å². The number of likely N-dealkylation sites (tertiary alicyclic amines) is 1. The number of hydrogen-bond acceptors (Lipinski definition) is 4. The van der Waals surface area contributed by atoms with Crippen molar-refractivity contribution in [3.8, 4) is 0 Å². The number of carbonyl (C=O) groups is 2. The smallest absolute Gasteiger partial charge is 0.460 e. The van der Waals surface area contributed by atoms with E-state index in [0.29, 0.717) is 26.1 Å². The van der Waals surface area contributed by atoms with E-state index in [1.807, 2.05) is 51.1 Å². The third-order valence-electron chi connectivity index (χ3n) is 6.04. The molecule has 2 aliphatic rings. The van der Waals surface area contributed by atoms with Gasteiger partial charge >= 0.3 is 18.1 Å². The van der Waals surface area contributed by atoms with Crippen molar-refractivity contribution in [2.75, 3.05) is 32.7 Å². The van der Waals surface area contributed by atoms with E-state index in [9.17, 15) is 22.8 Å². The fourth-order valence-electron chi connectivity index (χ4n) is 4.48. The van der Waals surface area contributed by atoms with Crippen LogP contribution in [-0.2, 0) is 14.3 Å². The summed E-state index contributed by atoms with van der Waals surface area (Å²) in [5, 5.41) is 0. The van der Waals surface area contributed by atoms with Gasteiger partial charge in [0.1, 0.15) is 5.60 Å². The first kappa shape index (κ1) is 24.6. The number of esters is 1. The maximum atomic E-state index is 13.2. The zero-order valence-corrected chi connectivity index (χ0v) is 19.0. The second-order valence-corrected chi connectivity index (χ2v) is 10.0. The predicted octanol–water partition coefficient (Wildman–Crippen LogP) is 4.23. The molecular formula is C24H33F3N2O3. The maximum Gasteiger partial charge on any atom is 0.471 e. The number of alkyl halides is 3. The fourth-order valence-corrected chi connectivity index (χ4v) is 4.48. The van der Waals surface area contributed by atoms with Crippen molar-refractivity contribution in [1.82, 2.24) is 9.80 Å². The third kappa shape index (κ3) is 7.22. The molecule has 0 N–H and O–H groups in total. The summed E-state index contributed by atoms with van der Waals surface area (Å²) in [7, 11) is 0. The molecule has 8 heteroatoms. The van der Waals surface area contributed by atoms with Gasteiger partial charge in [-0.2, -0.15) is 13.2 Å². The lowest BCUT2D eigenvalue weighted by Crippen LogP contribution is -2.45. The van der Waals surface area contributed by atoms with E-state index < -0.39 is 17.7 Å². The van der Waals surface area contributed by atoms with Gasteiger partial charge in [-0.3, -0.25) is 9.59 Å². The Bertz CT molecular complexity index is 792. The monoisotopic (exact) mass is 454 g/mol. The van der Waals surface area contributed by atoms with Gasteiger partial charge in [-0.25, -0.2) is 0 Å². The van der Waals surface area contributed by atoms with Crippen LogP contribution in [0.15, 0.2) is 30.3 Å². The zero-order chi connectivity index (χ0) is 23.5. The average molecular weight is 455 g/mol. The van der Waals surface area contributed by atoms with Crippen LogP contribution in [-0.4, -0.2) is 66.2 Å². The topological polar surface area (TPSA) is 49.9 Å². The van der Waals surface area contributed by atoms with Gasteiger partial charge in [0, 0.05) is 26.2 Å². The Hall–Kier alpha value is -2.09. The second-order valence-electron chi connectivity index (χ2n) is 10.0. The highest BCUT2D eigenvalue weighted by Gasteiger charge is 2.47.